The van der Waals surface area contributed by atoms with Gasteiger partial charge in [-0.2, -0.15) is 0 Å². The zero-order valence-electron chi connectivity index (χ0n) is 34.6. The number of amides is 2. The summed E-state index contributed by atoms with van der Waals surface area (Å²) in [5.74, 6) is -1.17. The van der Waals surface area contributed by atoms with Crippen molar-refractivity contribution in [3.63, 3.8) is 0 Å². The number of ether oxygens (including phenoxy) is 2. The standard InChI is InChI=1S/C47H59N5O7/c1-28-33-25-35(53)39-46-19-12-18-45(2,3)36(46)26-37(47(39,40(28)54)41(33)55)59-44(46)58-24-10-5-13-29-27-51(49-48-29)22-8-9-23-52-42(56)31-15-11-14-30-34(50-20-6-4-7-21-50)17-16-32(38(30)31)43(52)57/h11,14-17,27,33,35-37,39,41,44,53,55H,1,4-10,12-13,18-26H2,2-3H3/t33-,35-,36+,37+,39-,41+,44+,46-,47+/m0/s1. The van der Waals surface area contributed by atoms with Gasteiger partial charge in [-0.05, 0) is 112 Å². The summed E-state index contributed by atoms with van der Waals surface area (Å²) >= 11 is 0. The van der Waals surface area contributed by atoms with Gasteiger partial charge < -0.3 is 24.6 Å². The maximum atomic E-state index is 14.0. The van der Waals surface area contributed by atoms with Crippen molar-refractivity contribution in [1.82, 2.24) is 19.9 Å². The van der Waals surface area contributed by atoms with Gasteiger partial charge in [0.25, 0.3) is 11.8 Å². The molecule has 2 aromatic carbocycles. The van der Waals surface area contributed by atoms with E-state index in [4.69, 9.17) is 9.47 Å². The van der Waals surface area contributed by atoms with Gasteiger partial charge in [-0.25, -0.2) is 0 Å². The molecule has 314 valence electrons. The van der Waals surface area contributed by atoms with E-state index in [1.165, 1.54) is 11.3 Å². The molecule has 1 aromatic heterocycles. The monoisotopic (exact) mass is 805 g/mol. The molecule has 4 aliphatic heterocycles. The van der Waals surface area contributed by atoms with E-state index < -0.39 is 47.3 Å². The van der Waals surface area contributed by atoms with Gasteiger partial charge in [0.1, 0.15) is 0 Å². The lowest BCUT2D eigenvalue weighted by Gasteiger charge is -2.72. The zero-order chi connectivity index (χ0) is 40.8. The summed E-state index contributed by atoms with van der Waals surface area (Å²) in [6, 6.07) is 9.79. The Kier molecular flexibility index (Phi) is 9.69. The van der Waals surface area contributed by atoms with Crippen LogP contribution in [0.15, 0.2) is 48.7 Å². The number of benzene rings is 2. The number of hydrogen-bond acceptors (Lipinski definition) is 10. The van der Waals surface area contributed by atoms with Gasteiger partial charge in [0.05, 0.1) is 29.4 Å². The van der Waals surface area contributed by atoms with Crippen molar-refractivity contribution >= 4 is 34.1 Å². The Morgan fingerprint density at radius 3 is 2.51 bits per heavy atom. The minimum absolute atomic E-state index is 0.00349. The van der Waals surface area contributed by atoms with Crippen LogP contribution in [-0.4, -0.2) is 98.5 Å². The van der Waals surface area contributed by atoms with Crippen LogP contribution in [-0.2, 0) is 27.2 Å². The maximum absolute atomic E-state index is 14.0. The van der Waals surface area contributed by atoms with Crippen LogP contribution < -0.4 is 4.90 Å². The number of aliphatic hydroxyl groups excluding tert-OH is 2. The first-order valence-corrected chi connectivity index (χ1v) is 22.4. The molecular weight excluding hydrogens is 747 g/mol. The SMILES string of the molecule is C=C1C(=O)[C@]23[C@H](O)[C@H]1C[C@H](O)[C@H]2[C@]12CCCC(C)(C)[C@H]1C[C@H]3O[C@H]2OCCCCc1cn(CCCCN2C(=O)c3cccc4c(N5CCCCC5)ccc(c34)C2=O)nn1. The lowest BCUT2D eigenvalue weighted by Crippen LogP contribution is -2.78. The first-order valence-electron chi connectivity index (χ1n) is 22.4. The van der Waals surface area contributed by atoms with Gasteiger partial charge in [0.2, 0.25) is 0 Å². The second-order valence-corrected chi connectivity index (χ2v) is 19.5. The molecule has 12 nitrogen and oxygen atoms in total. The first kappa shape index (κ1) is 39.2. The Balaban J connectivity index is 0.725. The van der Waals surface area contributed by atoms with Gasteiger partial charge in [-0.15, -0.1) is 5.10 Å². The number of carbonyl (C=O) groups excluding carboxylic acids is 3. The number of rotatable bonds is 12. The minimum atomic E-state index is -1.14. The normalized spacial score (nSPS) is 34.5. The van der Waals surface area contributed by atoms with E-state index in [1.807, 2.05) is 35.1 Å². The van der Waals surface area contributed by atoms with E-state index in [0.717, 1.165) is 93.0 Å². The van der Waals surface area contributed by atoms with Gasteiger partial charge >= 0.3 is 0 Å². The van der Waals surface area contributed by atoms with E-state index in [9.17, 15) is 24.6 Å². The molecule has 2 N–H and O–H groups in total. The second kappa shape index (κ2) is 14.6. The van der Waals surface area contributed by atoms with E-state index in [0.29, 0.717) is 55.7 Å². The lowest BCUT2D eigenvalue weighted by molar-refractivity contribution is -0.402. The highest BCUT2D eigenvalue weighted by Crippen LogP contribution is 2.75. The summed E-state index contributed by atoms with van der Waals surface area (Å²) in [6.07, 6.45) is 10.5. The highest BCUT2D eigenvalue weighted by Gasteiger charge is 2.81. The fraction of sp³-hybridized carbons (Fsp3) is 0.638. The predicted molar refractivity (Wildman–Crippen MR) is 221 cm³/mol. The highest BCUT2D eigenvalue weighted by molar-refractivity contribution is 6.26. The van der Waals surface area contributed by atoms with Crippen LogP contribution >= 0.6 is 0 Å². The quantitative estimate of drug-likeness (QED) is 0.122. The maximum Gasteiger partial charge on any atom is 0.261 e. The third kappa shape index (κ3) is 5.78. The number of nitrogens with zero attached hydrogens (tertiary/aromatic N) is 5. The van der Waals surface area contributed by atoms with Crippen molar-refractivity contribution in [3.8, 4) is 0 Å². The molecule has 2 amide bonds. The molecule has 8 aliphatic rings. The van der Waals surface area contributed by atoms with E-state index in [1.54, 1.807) is 0 Å². The Labute approximate surface area is 346 Å². The molecule has 3 saturated heterocycles. The predicted octanol–water partition coefficient (Wildman–Crippen LogP) is 6.26. The molecular formula is C47H59N5O7. The van der Waals surface area contributed by atoms with Crippen LogP contribution in [0.5, 0.6) is 0 Å². The number of fused-ring (bicyclic) bond motifs is 2. The number of unbranched alkanes of at least 4 members (excludes halogenated alkanes) is 2. The van der Waals surface area contributed by atoms with E-state index in [2.05, 4.69) is 41.7 Å². The molecule has 3 aromatic rings. The molecule has 4 bridgehead atoms. The van der Waals surface area contributed by atoms with Gasteiger partial charge in [-0.1, -0.05) is 44.2 Å². The fourth-order valence-electron chi connectivity index (χ4n) is 13.5. The Morgan fingerprint density at radius 1 is 0.915 bits per heavy atom. The molecule has 4 saturated carbocycles. The Bertz CT molecular complexity index is 2170. The third-order valence-electron chi connectivity index (χ3n) is 16.1. The van der Waals surface area contributed by atoms with E-state index >= 15 is 0 Å². The smallest absolute Gasteiger partial charge is 0.261 e. The number of ketones is 1. The van der Waals surface area contributed by atoms with Crippen molar-refractivity contribution in [1.29, 1.82) is 0 Å². The summed E-state index contributed by atoms with van der Waals surface area (Å²) in [5, 5.41) is 34.1. The Hall–Kier alpha value is -3.97. The van der Waals surface area contributed by atoms with Crippen LogP contribution in [0.3, 0.4) is 0 Å². The average molecular weight is 806 g/mol. The van der Waals surface area contributed by atoms with Crippen LogP contribution in [0, 0.1) is 34.0 Å². The largest absolute Gasteiger partial charge is 0.393 e. The molecule has 11 rings (SSSR count). The molecule has 2 spiro atoms. The molecule has 9 atom stereocenters. The number of aromatic nitrogens is 3. The second-order valence-electron chi connectivity index (χ2n) is 19.5. The zero-order valence-corrected chi connectivity index (χ0v) is 34.6. The molecule has 0 radical (unpaired) electrons. The number of carbonyl (C=O) groups is 3. The number of aliphatic hydroxyl groups is 2. The van der Waals surface area contributed by atoms with Crippen molar-refractivity contribution in [2.24, 2.45) is 34.0 Å². The average Bonchev–Trinajstić information content (AvgIpc) is 3.73. The van der Waals surface area contributed by atoms with Gasteiger partial charge in [0, 0.05) is 83.8 Å². The molecule has 4 aliphatic carbocycles. The molecule has 0 unspecified atom stereocenters. The van der Waals surface area contributed by atoms with Crippen molar-refractivity contribution < 1.29 is 34.1 Å². The highest BCUT2D eigenvalue weighted by atomic mass is 16.7. The summed E-state index contributed by atoms with van der Waals surface area (Å²) in [4.78, 5) is 45.1. The van der Waals surface area contributed by atoms with Gasteiger partial charge in [-0.3, -0.25) is 24.0 Å². The number of aryl methyl sites for hydroxylation is 2. The lowest BCUT2D eigenvalue weighted by atomic mass is 9.37. The van der Waals surface area contributed by atoms with Gasteiger partial charge in [0.15, 0.2) is 12.1 Å². The Morgan fingerprint density at radius 2 is 1.69 bits per heavy atom. The topological polar surface area (TPSA) is 147 Å². The first-order chi connectivity index (χ1) is 28.5. The van der Waals surface area contributed by atoms with Crippen LogP contribution in [0.25, 0.3) is 10.8 Å². The summed E-state index contributed by atoms with van der Waals surface area (Å²) in [7, 11) is 0. The summed E-state index contributed by atoms with van der Waals surface area (Å²) < 4.78 is 15.3. The van der Waals surface area contributed by atoms with E-state index in [-0.39, 0.29) is 28.9 Å². The molecule has 12 heteroatoms. The van der Waals surface area contributed by atoms with Crippen molar-refractivity contribution in [3.05, 3.63) is 65.5 Å². The summed E-state index contributed by atoms with van der Waals surface area (Å²) in [6.45, 7) is 12.2. The number of hydrogen-bond donors (Lipinski definition) is 2. The number of Topliss-reactive ketones (excluding diaryl/α,β-unsaturated/α-hetero) is 1. The fourth-order valence-corrected chi connectivity index (χ4v) is 13.5. The van der Waals surface area contributed by atoms with Crippen LogP contribution in [0.1, 0.15) is 117 Å². The number of anilines is 1. The van der Waals surface area contributed by atoms with Crippen LogP contribution in [0.4, 0.5) is 5.69 Å². The molecule has 5 heterocycles. The number of imide groups is 1. The third-order valence-corrected chi connectivity index (χ3v) is 16.1. The van der Waals surface area contributed by atoms with Crippen LogP contribution in [0.2, 0.25) is 0 Å². The minimum Gasteiger partial charge on any atom is -0.393 e. The van der Waals surface area contributed by atoms with Crippen molar-refractivity contribution in [2.45, 2.75) is 128 Å². The molecule has 59 heavy (non-hydrogen) atoms. The number of piperidine rings is 1. The summed E-state index contributed by atoms with van der Waals surface area (Å²) in [5.41, 5.74) is 1.96. The van der Waals surface area contributed by atoms with Crippen molar-refractivity contribution in [2.75, 3.05) is 31.1 Å². The molecule has 7 fully saturated rings.